The Morgan fingerprint density at radius 1 is 1.08 bits per heavy atom. The van der Waals surface area contributed by atoms with Gasteiger partial charge in [0.2, 0.25) is 0 Å². The van der Waals surface area contributed by atoms with Gasteiger partial charge in [0.25, 0.3) is 11.5 Å². The lowest BCUT2D eigenvalue weighted by Gasteiger charge is -2.25. The van der Waals surface area contributed by atoms with Gasteiger partial charge in [-0.05, 0) is 31.4 Å². The molecule has 1 aliphatic rings. The van der Waals surface area contributed by atoms with Crippen LogP contribution in [0.25, 0.3) is 10.8 Å². The Kier molecular flexibility index (Phi) is 4.29. The molecule has 0 aliphatic carbocycles. The molecule has 132 valence electrons. The topological polar surface area (TPSA) is 55.2 Å². The summed E-state index contributed by atoms with van der Waals surface area (Å²) in [4.78, 5) is 27.8. The molecule has 4 rings (SSSR count). The van der Waals surface area contributed by atoms with Crippen LogP contribution in [0.15, 0.2) is 59.4 Å². The number of amides is 1. The molecule has 0 bridgehead atoms. The zero-order chi connectivity index (χ0) is 18.1. The molecule has 1 aromatic heterocycles. The van der Waals surface area contributed by atoms with Gasteiger partial charge >= 0.3 is 0 Å². The molecule has 26 heavy (non-hydrogen) atoms. The van der Waals surface area contributed by atoms with E-state index < -0.39 is 0 Å². The molecule has 0 N–H and O–H groups in total. The van der Waals surface area contributed by atoms with Gasteiger partial charge in [-0.3, -0.25) is 9.59 Å². The molecule has 2 aromatic carbocycles. The fourth-order valence-electron chi connectivity index (χ4n) is 3.77. The van der Waals surface area contributed by atoms with E-state index in [0.717, 1.165) is 18.4 Å². The third kappa shape index (κ3) is 2.69. The van der Waals surface area contributed by atoms with Crippen molar-refractivity contribution in [1.82, 2.24) is 14.7 Å². The van der Waals surface area contributed by atoms with E-state index in [9.17, 15) is 9.59 Å². The van der Waals surface area contributed by atoms with Crippen LogP contribution >= 0.6 is 0 Å². The summed E-state index contributed by atoms with van der Waals surface area (Å²) in [6.07, 6.45) is 1.91. The molecule has 0 unspecified atom stereocenters. The molecule has 1 fully saturated rings. The average Bonchev–Trinajstić information content (AvgIpc) is 3.18. The number of hydrogen-bond acceptors (Lipinski definition) is 3. The summed E-state index contributed by atoms with van der Waals surface area (Å²) >= 11 is 0. The zero-order valence-corrected chi connectivity index (χ0v) is 14.8. The van der Waals surface area contributed by atoms with Crippen molar-refractivity contribution in [2.45, 2.75) is 32.4 Å². The van der Waals surface area contributed by atoms with Crippen LogP contribution in [-0.2, 0) is 6.54 Å². The van der Waals surface area contributed by atoms with E-state index in [4.69, 9.17) is 0 Å². The maximum atomic E-state index is 13.4. The van der Waals surface area contributed by atoms with Crippen molar-refractivity contribution in [3.63, 3.8) is 0 Å². The van der Waals surface area contributed by atoms with E-state index in [0.29, 0.717) is 29.6 Å². The number of likely N-dealkylation sites (tertiary alicyclic amines) is 1. The van der Waals surface area contributed by atoms with E-state index in [1.54, 1.807) is 6.07 Å². The van der Waals surface area contributed by atoms with Crippen LogP contribution < -0.4 is 5.56 Å². The number of hydrogen-bond donors (Lipinski definition) is 0. The number of carbonyl (C=O) groups excluding carboxylic acids is 1. The fraction of sp³-hybridized carbons (Fsp3) is 0.286. The maximum Gasteiger partial charge on any atom is 0.275 e. The Labute approximate surface area is 151 Å². The Morgan fingerprint density at radius 3 is 2.50 bits per heavy atom. The second-order valence-electron chi connectivity index (χ2n) is 6.58. The molecule has 5 nitrogen and oxygen atoms in total. The number of nitrogens with zero attached hydrogens (tertiary/aromatic N) is 3. The minimum atomic E-state index is -0.152. The van der Waals surface area contributed by atoms with Crippen molar-refractivity contribution in [2.24, 2.45) is 0 Å². The Bertz CT molecular complexity index is 1010. The van der Waals surface area contributed by atoms with Crippen molar-refractivity contribution in [3.8, 4) is 0 Å². The normalized spacial score (nSPS) is 17.0. The highest BCUT2D eigenvalue weighted by molar-refractivity contribution is 6.05. The van der Waals surface area contributed by atoms with Gasteiger partial charge in [0.1, 0.15) is 0 Å². The summed E-state index contributed by atoms with van der Waals surface area (Å²) in [5, 5.41) is 5.58. The van der Waals surface area contributed by atoms with Crippen molar-refractivity contribution >= 4 is 16.7 Å². The second kappa shape index (κ2) is 6.75. The summed E-state index contributed by atoms with van der Waals surface area (Å²) in [7, 11) is 0. The van der Waals surface area contributed by atoms with E-state index in [-0.39, 0.29) is 17.5 Å². The standard InChI is InChI=1S/C21H21N3O2/c1-2-24-20(25)17-12-7-6-11-16(17)19(22-24)21(26)23-14-8-13-18(23)15-9-4-3-5-10-15/h3-7,9-12,18H,2,8,13-14H2,1H3/t18-/m1/s1. The van der Waals surface area contributed by atoms with Gasteiger partial charge in [-0.2, -0.15) is 5.10 Å². The highest BCUT2D eigenvalue weighted by Gasteiger charge is 2.32. The lowest BCUT2D eigenvalue weighted by Crippen LogP contribution is -2.34. The molecular weight excluding hydrogens is 326 g/mol. The lowest BCUT2D eigenvalue weighted by atomic mass is 10.0. The van der Waals surface area contributed by atoms with Crippen molar-refractivity contribution in [1.29, 1.82) is 0 Å². The summed E-state index contributed by atoms with van der Waals surface area (Å²) in [6, 6.07) is 17.4. The largest absolute Gasteiger partial charge is 0.330 e. The van der Waals surface area contributed by atoms with Gasteiger partial charge in [-0.1, -0.05) is 48.5 Å². The van der Waals surface area contributed by atoms with Gasteiger partial charge in [0.15, 0.2) is 5.69 Å². The van der Waals surface area contributed by atoms with E-state index >= 15 is 0 Å². The molecule has 3 aromatic rings. The molecular formula is C21H21N3O2. The van der Waals surface area contributed by atoms with Crippen molar-refractivity contribution < 1.29 is 4.79 Å². The van der Waals surface area contributed by atoms with Crippen molar-refractivity contribution in [3.05, 3.63) is 76.2 Å². The van der Waals surface area contributed by atoms with E-state index in [1.165, 1.54) is 4.68 Å². The number of aryl methyl sites for hydroxylation is 1. The predicted octanol–water partition coefficient (Wildman–Crippen LogP) is 3.39. The summed E-state index contributed by atoms with van der Waals surface area (Å²) in [6.45, 7) is 3.01. The number of fused-ring (bicyclic) bond motifs is 1. The smallest absolute Gasteiger partial charge is 0.275 e. The predicted molar refractivity (Wildman–Crippen MR) is 101 cm³/mol. The summed E-state index contributed by atoms with van der Waals surface area (Å²) in [5.41, 5.74) is 1.36. The second-order valence-corrected chi connectivity index (χ2v) is 6.58. The van der Waals surface area contributed by atoms with Crippen LogP contribution in [0.4, 0.5) is 0 Å². The van der Waals surface area contributed by atoms with E-state index in [1.807, 2.05) is 48.2 Å². The molecule has 0 spiro atoms. The molecule has 2 heterocycles. The zero-order valence-electron chi connectivity index (χ0n) is 14.8. The molecule has 5 heteroatoms. The monoisotopic (exact) mass is 347 g/mol. The number of aromatic nitrogens is 2. The van der Waals surface area contributed by atoms with Crippen molar-refractivity contribution in [2.75, 3.05) is 6.54 Å². The Balaban J connectivity index is 1.81. The number of rotatable bonds is 3. The molecule has 1 aliphatic heterocycles. The number of carbonyl (C=O) groups is 1. The molecule has 0 radical (unpaired) electrons. The van der Waals surface area contributed by atoms with E-state index in [2.05, 4.69) is 17.2 Å². The molecule has 1 atom stereocenters. The Hall–Kier alpha value is -2.95. The maximum absolute atomic E-state index is 13.4. The first-order valence-corrected chi connectivity index (χ1v) is 9.06. The minimum Gasteiger partial charge on any atom is -0.330 e. The van der Waals surface area contributed by atoms with Gasteiger partial charge < -0.3 is 4.90 Å². The average molecular weight is 347 g/mol. The summed E-state index contributed by atoms with van der Waals surface area (Å²) in [5.74, 6) is -0.102. The van der Waals surface area contributed by atoms with Gasteiger partial charge in [-0.25, -0.2) is 4.68 Å². The highest BCUT2D eigenvalue weighted by Crippen LogP contribution is 2.33. The molecule has 1 amide bonds. The minimum absolute atomic E-state index is 0.0614. The molecule has 1 saturated heterocycles. The van der Waals surface area contributed by atoms with Crippen LogP contribution in [0, 0.1) is 0 Å². The lowest BCUT2D eigenvalue weighted by molar-refractivity contribution is 0.0729. The van der Waals surface area contributed by atoms with Gasteiger partial charge in [0, 0.05) is 18.5 Å². The number of benzene rings is 2. The first-order valence-electron chi connectivity index (χ1n) is 9.06. The first-order chi connectivity index (χ1) is 12.7. The SMILES string of the molecule is CCn1nc(C(=O)N2CCC[C@@H]2c2ccccc2)c2ccccc2c1=O. The third-order valence-corrected chi connectivity index (χ3v) is 5.07. The van der Waals surface area contributed by atoms with Crippen LogP contribution in [0.2, 0.25) is 0 Å². The van der Waals surface area contributed by atoms with Crippen LogP contribution in [0.1, 0.15) is 41.9 Å². The van der Waals surface area contributed by atoms with Crippen LogP contribution in [-0.4, -0.2) is 27.1 Å². The summed E-state index contributed by atoms with van der Waals surface area (Å²) < 4.78 is 1.38. The van der Waals surface area contributed by atoms with Gasteiger partial charge in [-0.15, -0.1) is 0 Å². The Morgan fingerprint density at radius 2 is 1.77 bits per heavy atom. The highest BCUT2D eigenvalue weighted by atomic mass is 16.2. The molecule has 0 saturated carbocycles. The van der Waals surface area contributed by atoms with Crippen LogP contribution in [0.3, 0.4) is 0 Å². The van der Waals surface area contributed by atoms with Gasteiger partial charge in [0.05, 0.1) is 11.4 Å². The quantitative estimate of drug-likeness (QED) is 0.730. The fourth-order valence-corrected chi connectivity index (χ4v) is 3.77. The van der Waals surface area contributed by atoms with Crippen LogP contribution in [0.5, 0.6) is 0 Å². The first kappa shape index (κ1) is 16.5. The third-order valence-electron chi connectivity index (χ3n) is 5.07.